The predicted molar refractivity (Wildman–Crippen MR) is 93.4 cm³/mol. The van der Waals surface area contributed by atoms with Gasteiger partial charge < -0.3 is 9.47 Å². The second kappa shape index (κ2) is 6.32. The molecule has 0 saturated carbocycles. The van der Waals surface area contributed by atoms with Gasteiger partial charge in [0.15, 0.2) is 6.71 Å². The first-order chi connectivity index (χ1) is 11.2. The van der Waals surface area contributed by atoms with Crippen LogP contribution in [0.2, 0.25) is 12.6 Å². The summed E-state index contributed by atoms with van der Waals surface area (Å²) in [5, 5.41) is 0. The van der Waals surface area contributed by atoms with E-state index in [-0.39, 0.29) is 34.9 Å². The highest BCUT2D eigenvalue weighted by Gasteiger charge is 2.49. The lowest BCUT2D eigenvalue weighted by molar-refractivity contribution is 0.00721. The maximum atomic E-state index is 14.7. The van der Waals surface area contributed by atoms with Crippen molar-refractivity contribution in [3.63, 3.8) is 0 Å². The van der Waals surface area contributed by atoms with Gasteiger partial charge in [-0.3, -0.25) is 0 Å². The van der Waals surface area contributed by atoms with Crippen molar-refractivity contribution in [1.29, 1.82) is 0 Å². The number of ether oxygens (including phenoxy) is 2. The molecule has 1 aromatic rings. The first-order valence-electron chi connectivity index (χ1n) is 8.93. The summed E-state index contributed by atoms with van der Waals surface area (Å²) in [5.74, 6) is -0.707. The molecule has 0 aromatic heterocycles. The third-order valence-electron chi connectivity index (χ3n) is 6.23. The minimum atomic E-state index is -0.486. The number of hydrogen-bond donors (Lipinski definition) is 0. The zero-order chi connectivity index (χ0) is 17.5. The van der Waals surface area contributed by atoms with Crippen LogP contribution in [0.5, 0.6) is 5.75 Å². The quantitative estimate of drug-likeness (QED) is 0.767. The largest absolute Gasteiger partial charge is 0.488 e. The lowest BCUT2D eigenvalue weighted by atomic mass is 9.42. The van der Waals surface area contributed by atoms with Gasteiger partial charge in [-0.1, -0.05) is 40.3 Å². The Morgan fingerprint density at radius 1 is 1.08 bits per heavy atom. The first-order valence-corrected chi connectivity index (χ1v) is 8.93. The average Bonchev–Trinajstić information content (AvgIpc) is 2.67. The van der Waals surface area contributed by atoms with E-state index in [1.54, 1.807) is 0 Å². The molecule has 2 aliphatic rings. The third kappa shape index (κ3) is 3.33. The van der Waals surface area contributed by atoms with Crippen LogP contribution in [-0.4, -0.2) is 26.0 Å². The van der Waals surface area contributed by atoms with Gasteiger partial charge in [0.2, 0.25) is 0 Å². The van der Waals surface area contributed by atoms with Gasteiger partial charge in [-0.25, -0.2) is 8.78 Å². The lowest BCUT2D eigenvalue weighted by Gasteiger charge is -2.35. The van der Waals surface area contributed by atoms with Gasteiger partial charge in [-0.2, -0.15) is 0 Å². The van der Waals surface area contributed by atoms with Crippen LogP contribution in [0.1, 0.15) is 40.5 Å². The molecule has 2 heterocycles. The molecule has 5 heteroatoms. The number of hydrogen-bond acceptors (Lipinski definition) is 2. The molecule has 1 unspecified atom stereocenters. The van der Waals surface area contributed by atoms with Crippen LogP contribution in [0.4, 0.5) is 8.78 Å². The zero-order valence-electron chi connectivity index (χ0n) is 15.1. The topological polar surface area (TPSA) is 18.5 Å². The van der Waals surface area contributed by atoms with E-state index in [4.69, 9.17) is 9.47 Å². The van der Waals surface area contributed by atoms with Gasteiger partial charge >= 0.3 is 0 Å². The van der Waals surface area contributed by atoms with Crippen molar-refractivity contribution in [1.82, 2.24) is 0 Å². The van der Waals surface area contributed by atoms with Gasteiger partial charge in [0.05, 0.1) is 6.61 Å². The Balaban J connectivity index is 1.80. The van der Waals surface area contributed by atoms with Gasteiger partial charge in [0.1, 0.15) is 23.5 Å². The average molecular weight is 336 g/mol. The standard InChI is InChI=1S/C19H27BF2O2/c1-18(2)11-20(12-19(18,3)4)17-15(21)8-14(9-16(17)22)24-13-6-5-7-23-10-13/h8-9,13H,5-7,10-12H2,1-4H3. The third-order valence-corrected chi connectivity index (χ3v) is 6.23. The Kier molecular flexibility index (Phi) is 4.67. The van der Waals surface area contributed by atoms with Gasteiger partial charge in [0.25, 0.3) is 0 Å². The highest BCUT2D eigenvalue weighted by molar-refractivity contribution is 6.74. The molecular formula is C19H27BF2O2. The summed E-state index contributed by atoms with van der Waals surface area (Å²) in [4.78, 5) is 0. The van der Waals surface area contributed by atoms with Crippen LogP contribution in [0, 0.1) is 22.5 Å². The van der Waals surface area contributed by atoms with Crippen LogP contribution >= 0.6 is 0 Å². The fourth-order valence-electron chi connectivity index (χ4n) is 4.08. The minimum Gasteiger partial charge on any atom is -0.488 e. The van der Waals surface area contributed by atoms with Crippen LogP contribution < -0.4 is 10.2 Å². The molecule has 2 aliphatic heterocycles. The van der Waals surface area contributed by atoms with Crippen molar-refractivity contribution in [2.75, 3.05) is 13.2 Å². The van der Waals surface area contributed by atoms with Gasteiger partial charge in [-0.05, 0) is 29.1 Å². The normalized spacial score (nSPS) is 25.8. The SMILES string of the molecule is CC1(C)CB(c2c(F)cc(OC3CCCOC3)cc2F)CC1(C)C. The highest BCUT2D eigenvalue weighted by atomic mass is 19.1. The lowest BCUT2D eigenvalue weighted by Crippen LogP contribution is -2.34. The van der Waals surface area contributed by atoms with Crippen molar-refractivity contribution in [2.45, 2.75) is 59.3 Å². The Bertz CT molecular complexity index is 570. The Morgan fingerprint density at radius 3 is 2.17 bits per heavy atom. The molecule has 2 fully saturated rings. The summed E-state index contributed by atoms with van der Waals surface area (Å²) in [6.07, 6.45) is 3.25. The number of halogens is 2. The number of rotatable bonds is 3. The van der Waals surface area contributed by atoms with E-state index in [0.717, 1.165) is 32.1 Å². The van der Waals surface area contributed by atoms with Crippen molar-refractivity contribution in [2.24, 2.45) is 10.8 Å². The Labute approximate surface area is 144 Å². The summed E-state index contributed by atoms with van der Waals surface area (Å²) < 4.78 is 40.4. The van der Waals surface area contributed by atoms with Crippen LogP contribution in [-0.2, 0) is 4.74 Å². The zero-order valence-corrected chi connectivity index (χ0v) is 15.1. The van der Waals surface area contributed by atoms with Crippen LogP contribution in [0.25, 0.3) is 0 Å². The summed E-state index contributed by atoms with van der Waals surface area (Å²) in [6.45, 7) is 9.87. The van der Waals surface area contributed by atoms with Crippen molar-refractivity contribution < 1.29 is 18.3 Å². The first kappa shape index (κ1) is 17.7. The molecule has 24 heavy (non-hydrogen) atoms. The maximum absolute atomic E-state index is 14.7. The van der Waals surface area contributed by atoms with Crippen molar-refractivity contribution in [3.05, 3.63) is 23.8 Å². The highest BCUT2D eigenvalue weighted by Crippen LogP contribution is 2.52. The molecule has 3 rings (SSSR count). The second-order valence-corrected chi connectivity index (χ2v) is 8.63. The molecule has 2 nitrogen and oxygen atoms in total. The molecule has 1 atom stereocenters. The minimum absolute atomic E-state index is 0.0607. The monoisotopic (exact) mass is 336 g/mol. The Hall–Kier alpha value is -1.10. The Morgan fingerprint density at radius 2 is 1.67 bits per heavy atom. The van der Waals surface area contributed by atoms with E-state index >= 15 is 0 Å². The smallest absolute Gasteiger partial charge is 0.184 e. The van der Waals surface area contributed by atoms with E-state index in [2.05, 4.69) is 27.7 Å². The summed E-state index contributed by atoms with van der Waals surface area (Å²) in [6, 6.07) is 2.68. The van der Waals surface area contributed by atoms with Crippen molar-refractivity contribution in [3.8, 4) is 5.75 Å². The van der Waals surface area contributed by atoms with Crippen LogP contribution in [0.3, 0.4) is 0 Å². The van der Waals surface area contributed by atoms with Crippen molar-refractivity contribution >= 4 is 12.2 Å². The molecule has 0 spiro atoms. The van der Waals surface area contributed by atoms with E-state index in [1.807, 2.05) is 0 Å². The van der Waals surface area contributed by atoms with E-state index in [9.17, 15) is 8.78 Å². The van der Waals surface area contributed by atoms with E-state index in [0.29, 0.717) is 6.61 Å². The summed E-state index contributed by atoms with van der Waals surface area (Å²) in [5.41, 5.74) is 0.344. The molecule has 0 aliphatic carbocycles. The molecule has 1 aromatic carbocycles. The summed E-state index contributed by atoms with van der Waals surface area (Å²) in [7, 11) is 0. The molecule has 2 saturated heterocycles. The molecule has 0 bridgehead atoms. The molecular weight excluding hydrogens is 309 g/mol. The predicted octanol–water partition coefficient (Wildman–Crippen LogP) is 4.29. The number of benzene rings is 1. The van der Waals surface area contributed by atoms with E-state index < -0.39 is 11.6 Å². The van der Waals surface area contributed by atoms with Gasteiger partial charge in [0, 0.05) is 18.7 Å². The molecule has 132 valence electrons. The molecule has 0 N–H and O–H groups in total. The molecule has 0 radical (unpaired) electrons. The fraction of sp³-hybridized carbons (Fsp3) is 0.684. The second-order valence-electron chi connectivity index (χ2n) is 8.63. The maximum Gasteiger partial charge on any atom is 0.184 e. The fourth-order valence-corrected chi connectivity index (χ4v) is 4.08. The van der Waals surface area contributed by atoms with E-state index in [1.165, 1.54) is 12.1 Å². The van der Waals surface area contributed by atoms with Gasteiger partial charge in [-0.15, -0.1) is 0 Å². The van der Waals surface area contributed by atoms with Crippen LogP contribution in [0.15, 0.2) is 12.1 Å². The summed E-state index contributed by atoms with van der Waals surface area (Å²) >= 11 is 0. The molecule has 0 amide bonds.